The van der Waals surface area contributed by atoms with Gasteiger partial charge in [-0.2, -0.15) is 0 Å². The molecule has 1 saturated heterocycles. The smallest absolute Gasteiger partial charge is 0.191 e. The molecule has 0 spiro atoms. The number of nitrogens with one attached hydrogen (secondary N) is 2. The van der Waals surface area contributed by atoms with Crippen LogP contribution in [0.1, 0.15) is 51.0 Å². The Bertz CT molecular complexity index is 787. The molecule has 2 N–H and O–H groups in total. The topological polar surface area (TPSA) is 65.7 Å². The molecule has 1 fully saturated rings. The summed E-state index contributed by atoms with van der Waals surface area (Å²) in [4.78, 5) is 6.87. The minimum absolute atomic E-state index is 0. The molecule has 0 radical (unpaired) electrons. The normalized spacial score (nSPS) is 15.3. The molecular weight excluding hydrogens is 484 g/mol. The van der Waals surface area contributed by atoms with E-state index in [1.54, 1.807) is 12.1 Å². The second-order valence-corrected chi connectivity index (χ2v) is 7.45. The molecule has 0 saturated carbocycles. The number of anilines is 1. The molecule has 0 amide bonds. The number of aliphatic imine (C=N–C) groups is 1. The van der Waals surface area contributed by atoms with Gasteiger partial charge in [0, 0.05) is 37.4 Å². The number of halogens is 2. The van der Waals surface area contributed by atoms with Gasteiger partial charge in [0.2, 0.25) is 0 Å². The van der Waals surface area contributed by atoms with E-state index in [0.29, 0.717) is 18.5 Å². The van der Waals surface area contributed by atoms with Gasteiger partial charge >= 0.3 is 0 Å². The molecule has 29 heavy (non-hydrogen) atoms. The molecular formula is C21H31FIN5O. The monoisotopic (exact) mass is 515 g/mol. The summed E-state index contributed by atoms with van der Waals surface area (Å²) < 4.78 is 18.8. The number of hydrogen-bond acceptors (Lipinski definition) is 4. The molecule has 0 bridgehead atoms. The van der Waals surface area contributed by atoms with E-state index in [0.717, 1.165) is 55.6 Å². The summed E-state index contributed by atoms with van der Waals surface area (Å²) in [5.74, 6) is 1.71. The fourth-order valence-electron chi connectivity index (χ4n) is 3.30. The van der Waals surface area contributed by atoms with Crippen molar-refractivity contribution in [2.45, 2.75) is 52.1 Å². The largest absolute Gasteiger partial charge is 0.371 e. The third-order valence-corrected chi connectivity index (χ3v) is 4.92. The highest BCUT2D eigenvalue weighted by Crippen LogP contribution is 2.21. The van der Waals surface area contributed by atoms with Gasteiger partial charge < -0.3 is 20.1 Å². The van der Waals surface area contributed by atoms with Gasteiger partial charge in [-0.15, -0.1) is 24.0 Å². The number of hydrogen-bond donors (Lipinski definition) is 2. The molecule has 0 unspecified atom stereocenters. The van der Waals surface area contributed by atoms with Gasteiger partial charge in [-0.1, -0.05) is 25.1 Å². The molecule has 0 aliphatic carbocycles. The highest BCUT2D eigenvalue weighted by atomic mass is 127. The Labute approximate surface area is 189 Å². The van der Waals surface area contributed by atoms with Gasteiger partial charge in [-0.25, -0.2) is 9.38 Å². The molecule has 2 heterocycles. The molecule has 160 valence electrons. The third kappa shape index (κ3) is 6.87. The summed E-state index contributed by atoms with van der Waals surface area (Å²) >= 11 is 0. The maximum Gasteiger partial charge on any atom is 0.191 e. The lowest BCUT2D eigenvalue weighted by Crippen LogP contribution is -2.48. The maximum absolute atomic E-state index is 13.5. The van der Waals surface area contributed by atoms with Crippen LogP contribution in [0.3, 0.4) is 0 Å². The molecule has 8 heteroatoms. The van der Waals surface area contributed by atoms with Crippen LogP contribution in [-0.2, 0) is 6.54 Å². The van der Waals surface area contributed by atoms with Crippen molar-refractivity contribution >= 4 is 35.6 Å². The molecule has 0 atom stereocenters. The lowest BCUT2D eigenvalue weighted by molar-refractivity contribution is 0.376. The van der Waals surface area contributed by atoms with Crippen molar-refractivity contribution in [3.05, 3.63) is 47.6 Å². The predicted molar refractivity (Wildman–Crippen MR) is 126 cm³/mol. The van der Waals surface area contributed by atoms with Crippen LogP contribution >= 0.6 is 24.0 Å². The lowest BCUT2D eigenvalue weighted by atomic mass is 10.0. The first-order valence-electron chi connectivity index (χ1n) is 10.1. The van der Waals surface area contributed by atoms with Crippen LogP contribution < -0.4 is 15.5 Å². The Hall–Kier alpha value is -1.84. The van der Waals surface area contributed by atoms with E-state index < -0.39 is 0 Å². The van der Waals surface area contributed by atoms with Crippen LogP contribution in [0, 0.1) is 5.82 Å². The zero-order chi connectivity index (χ0) is 19.9. The van der Waals surface area contributed by atoms with Gasteiger partial charge in [-0.3, -0.25) is 0 Å². The SMILES string of the molecule is CCNC(=NCc1cc(C(C)C)no1)NC1CCN(c2cccc(F)c2)CC1.I. The molecule has 1 aromatic heterocycles. The number of rotatable bonds is 6. The van der Waals surface area contributed by atoms with Gasteiger partial charge in [0.1, 0.15) is 12.4 Å². The summed E-state index contributed by atoms with van der Waals surface area (Å²) in [5.41, 5.74) is 1.90. The van der Waals surface area contributed by atoms with Crippen molar-refractivity contribution in [1.82, 2.24) is 15.8 Å². The van der Waals surface area contributed by atoms with Crippen LogP contribution in [0.2, 0.25) is 0 Å². The van der Waals surface area contributed by atoms with Crippen LogP contribution in [0.25, 0.3) is 0 Å². The Kier molecular flexibility index (Phi) is 9.19. The number of nitrogens with zero attached hydrogens (tertiary/aromatic N) is 3. The number of benzene rings is 1. The van der Waals surface area contributed by atoms with E-state index in [1.165, 1.54) is 6.07 Å². The second-order valence-electron chi connectivity index (χ2n) is 7.45. The van der Waals surface area contributed by atoms with Gasteiger partial charge in [0.25, 0.3) is 0 Å². The van der Waals surface area contributed by atoms with Crippen molar-refractivity contribution in [1.29, 1.82) is 0 Å². The first-order chi connectivity index (χ1) is 13.5. The standard InChI is InChI=1S/C21H30FN5O.HI/c1-4-23-21(24-14-19-13-20(15(2)3)26-28-19)25-17-8-10-27(11-9-17)18-7-5-6-16(22)12-18;/h5-7,12-13,15,17H,4,8-11,14H2,1-3H3,(H2,23,24,25);1H. The molecule has 1 aromatic carbocycles. The van der Waals surface area contributed by atoms with Gasteiger partial charge in [-0.05, 0) is 43.9 Å². The Balaban J connectivity index is 0.00000300. The molecule has 1 aliphatic rings. The summed E-state index contributed by atoms with van der Waals surface area (Å²) in [6.07, 6.45) is 1.95. The first-order valence-corrected chi connectivity index (χ1v) is 10.1. The van der Waals surface area contributed by atoms with E-state index in [2.05, 4.69) is 46.5 Å². The quantitative estimate of drug-likeness (QED) is 0.342. The molecule has 3 rings (SSSR count). The van der Waals surface area contributed by atoms with Crippen LogP contribution in [0.5, 0.6) is 0 Å². The summed E-state index contributed by atoms with van der Waals surface area (Å²) in [5, 5.41) is 10.9. The van der Waals surface area contributed by atoms with Crippen molar-refractivity contribution in [2.24, 2.45) is 4.99 Å². The zero-order valence-corrected chi connectivity index (χ0v) is 19.7. The minimum atomic E-state index is -0.188. The fraction of sp³-hybridized carbons (Fsp3) is 0.524. The molecule has 6 nitrogen and oxygen atoms in total. The summed E-state index contributed by atoms with van der Waals surface area (Å²) in [6, 6.07) is 9.11. The van der Waals surface area contributed by atoms with E-state index >= 15 is 0 Å². The lowest BCUT2D eigenvalue weighted by Gasteiger charge is -2.34. The summed E-state index contributed by atoms with van der Waals surface area (Å²) in [7, 11) is 0. The number of aromatic nitrogens is 1. The molecule has 2 aromatic rings. The van der Waals surface area contributed by atoms with E-state index in [4.69, 9.17) is 4.52 Å². The van der Waals surface area contributed by atoms with Crippen molar-refractivity contribution in [3.63, 3.8) is 0 Å². The van der Waals surface area contributed by atoms with Crippen LogP contribution in [0.15, 0.2) is 39.8 Å². The second kappa shape index (κ2) is 11.4. The Morgan fingerprint density at radius 1 is 1.31 bits per heavy atom. The number of piperidine rings is 1. The van der Waals surface area contributed by atoms with Crippen LogP contribution in [-0.4, -0.2) is 36.8 Å². The van der Waals surface area contributed by atoms with Crippen molar-refractivity contribution in [2.75, 3.05) is 24.5 Å². The predicted octanol–water partition coefficient (Wildman–Crippen LogP) is 4.28. The van der Waals surface area contributed by atoms with E-state index in [1.807, 2.05) is 12.1 Å². The molecule has 1 aliphatic heterocycles. The third-order valence-electron chi connectivity index (χ3n) is 4.92. The van der Waals surface area contributed by atoms with Gasteiger partial charge in [0.15, 0.2) is 11.7 Å². The minimum Gasteiger partial charge on any atom is -0.371 e. The van der Waals surface area contributed by atoms with Gasteiger partial charge in [0.05, 0.1) is 5.69 Å². The highest BCUT2D eigenvalue weighted by molar-refractivity contribution is 14.0. The Morgan fingerprint density at radius 3 is 2.69 bits per heavy atom. The van der Waals surface area contributed by atoms with Crippen LogP contribution in [0.4, 0.5) is 10.1 Å². The maximum atomic E-state index is 13.5. The van der Waals surface area contributed by atoms with E-state index in [-0.39, 0.29) is 29.8 Å². The zero-order valence-electron chi connectivity index (χ0n) is 17.3. The first kappa shape index (κ1) is 23.4. The summed E-state index contributed by atoms with van der Waals surface area (Å²) in [6.45, 7) is 9.26. The van der Waals surface area contributed by atoms with Crippen molar-refractivity contribution in [3.8, 4) is 0 Å². The Morgan fingerprint density at radius 2 is 2.07 bits per heavy atom. The fourth-order valence-corrected chi connectivity index (χ4v) is 3.30. The average molecular weight is 515 g/mol. The van der Waals surface area contributed by atoms with Crippen molar-refractivity contribution < 1.29 is 8.91 Å². The average Bonchev–Trinajstić information content (AvgIpc) is 3.16. The highest BCUT2D eigenvalue weighted by Gasteiger charge is 2.20. The number of guanidine groups is 1. The van der Waals surface area contributed by atoms with E-state index in [9.17, 15) is 4.39 Å².